The number of carboxylic acid groups (broad SMARTS) is 1. The summed E-state index contributed by atoms with van der Waals surface area (Å²) < 4.78 is 0. The van der Waals surface area contributed by atoms with Gasteiger partial charge in [-0.05, 0) is 132 Å². The van der Waals surface area contributed by atoms with Crippen molar-refractivity contribution in [1.29, 1.82) is 0 Å². The lowest BCUT2D eigenvalue weighted by Gasteiger charge is -2.75. The number of allylic oxidation sites excluding steroid dienone is 2. The van der Waals surface area contributed by atoms with Gasteiger partial charge in [0.25, 0.3) is 0 Å². The Hall–Kier alpha value is -2.18. The summed E-state index contributed by atoms with van der Waals surface area (Å²) in [4.78, 5) is 30.1. The van der Waals surface area contributed by atoms with Crippen LogP contribution in [0.1, 0.15) is 129 Å². The molecule has 1 aromatic carbocycles. The van der Waals surface area contributed by atoms with Crippen molar-refractivity contribution in [1.82, 2.24) is 15.1 Å². The first-order chi connectivity index (χ1) is 22.6. The Morgan fingerprint density at radius 1 is 0.792 bits per heavy atom. The molecule has 0 radical (unpaired) electrons. The molecule has 6 aliphatic rings. The van der Waals surface area contributed by atoms with Crippen LogP contribution in [0.3, 0.4) is 0 Å². The Balaban J connectivity index is 1.13. The molecular formula is C42H63N3O3. The van der Waals surface area contributed by atoms with Crippen molar-refractivity contribution in [2.45, 2.75) is 118 Å². The minimum atomic E-state index is -0.864. The highest BCUT2D eigenvalue weighted by atomic mass is 16.4. The number of nitrogens with one attached hydrogen (secondary N) is 1. The molecule has 5 fully saturated rings. The molecule has 1 aromatic rings. The summed E-state index contributed by atoms with van der Waals surface area (Å²) in [6.07, 6.45) is 14.7. The predicted octanol–water partition coefficient (Wildman–Crippen LogP) is 8.13. The highest BCUT2D eigenvalue weighted by Gasteiger charge is 2.73. The fourth-order valence-electron chi connectivity index (χ4n) is 14.0. The quantitative estimate of drug-likeness (QED) is 0.323. The van der Waals surface area contributed by atoms with E-state index in [2.05, 4.69) is 69.7 Å². The number of hydrogen-bond acceptors (Lipinski definition) is 4. The van der Waals surface area contributed by atoms with Gasteiger partial charge in [0.15, 0.2) is 0 Å². The van der Waals surface area contributed by atoms with E-state index in [-0.39, 0.29) is 38.5 Å². The molecule has 1 saturated heterocycles. The number of carbonyl (C=O) groups is 2. The molecule has 1 amide bonds. The van der Waals surface area contributed by atoms with Crippen molar-refractivity contribution >= 4 is 17.4 Å². The van der Waals surface area contributed by atoms with Gasteiger partial charge in [-0.25, -0.2) is 4.79 Å². The number of aromatic carboxylic acids is 1. The molecule has 6 heteroatoms. The topological polar surface area (TPSA) is 72.9 Å². The number of carboxylic acids is 1. The van der Waals surface area contributed by atoms with Crippen LogP contribution < -0.4 is 5.32 Å². The number of benzene rings is 1. The van der Waals surface area contributed by atoms with Gasteiger partial charge in [-0.1, -0.05) is 73.1 Å². The van der Waals surface area contributed by atoms with Crippen molar-refractivity contribution in [3.63, 3.8) is 0 Å². The monoisotopic (exact) mass is 657 g/mol. The molecule has 0 aromatic heterocycles. The van der Waals surface area contributed by atoms with Crippen molar-refractivity contribution in [2.75, 3.05) is 39.3 Å². The molecule has 1 aliphatic heterocycles. The zero-order valence-electron chi connectivity index (χ0n) is 31.1. The van der Waals surface area contributed by atoms with Gasteiger partial charge in [-0.3, -0.25) is 9.69 Å². The van der Waals surface area contributed by atoms with E-state index < -0.39 is 5.97 Å². The number of hydrogen-bond donors (Lipinski definition) is 2. The maximum absolute atomic E-state index is 13.7. The fraction of sp³-hybridized carbons (Fsp3) is 0.762. The van der Waals surface area contributed by atoms with Gasteiger partial charge in [0.1, 0.15) is 0 Å². The lowest BCUT2D eigenvalue weighted by atomic mass is 9.30. The molecule has 8 atom stereocenters. The van der Waals surface area contributed by atoms with E-state index in [0.717, 1.165) is 52.0 Å². The number of likely N-dealkylation sites (N-methyl/N-ethyl adjacent to an activating group) is 1. The predicted molar refractivity (Wildman–Crippen MR) is 194 cm³/mol. The van der Waals surface area contributed by atoms with Gasteiger partial charge < -0.3 is 15.3 Å². The maximum atomic E-state index is 13.7. The van der Waals surface area contributed by atoms with Gasteiger partial charge >= 0.3 is 5.97 Å². The smallest absolute Gasteiger partial charge is 0.335 e. The van der Waals surface area contributed by atoms with E-state index in [1.165, 1.54) is 56.1 Å². The summed E-state index contributed by atoms with van der Waals surface area (Å²) in [7, 11) is 0. The molecule has 0 spiro atoms. The molecule has 1 heterocycles. The van der Waals surface area contributed by atoms with Crippen LogP contribution in [0.4, 0.5) is 0 Å². The minimum absolute atomic E-state index is 0.0152. The number of amides is 1. The number of nitrogens with zero attached hydrogens (tertiary/aromatic N) is 2. The Morgan fingerprint density at radius 3 is 2.06 bits per heavy atom. The van der Waals surface area contributed by atoms with Crippen LogP contribution in [0.2, 0.25) is 0 Å². The van der Waals surface area contributed by atoms with Gasteiger partial charge in [0.2, 0.25) is 5.91 Å². The second-order valence-corrected chi connectivity index (χ2v) is 18.6. The van der Waals surface area contributed by atoms with E-state index in [9.17, 15) is 14.7 Å². The van der Waals surface area contributed by atoms with E-state index in [4.69, 9.17) is 0 Å². The lowest BCUT2D eigenvalue weighted by molar-refractivity contribution is -0.252. The third kappa shape index (κ3) is 4.84. The number of rotatable bonds is 6. The third-order valence-electron chi connectivity index (χ3n) is 16.8. The van der Waals surface area contributed by atoms with Crippen LogP contribution in [0.5, 0.6) is 0 Å². The van der Waals surface area contributed by atoms with Crippen LogP contribution in [0.25, 0.3) is 5.57 Å². The zero-order valence-corrected chi connectivity index (χ0v) is 31.1. The summed E-state index contributed by atoms with van der Waals surface area (Å²) >= 11 is 0. The second-order valence-electron chi connectivity index (χ2n) is 18.6. The second kappa shape index (κ2) is 11.7. The SMILES string of the molecule is CCN1CCN(CC(=O)N[C@]23CCCC2[C@@]2(C)CCC4[C@@]5(C)CC=C(c6ccc(C(=O)O)cc6)C(C)(C)C5CC[C@@]4(C)[C@]2(C)CC3)CC1. The van der Waals surface area contributed by atoms with Crippen LogP contribution >= 0.6 is 0 Å². The first kappa shape index (κ1) is 34.3. The molecule has 7 rings (SSSR count). The Labute approximate surface area is 290 Å². The normalized spacial score (nSPS) is 42.5. The Bertz CT molecular complexity index is 1460. The average Bonchev–Trinajstić information content (AvgIpc) is 3.47. The summed E-state index contributed by atoms with van der Waals surface area (Å²) in [5, 5.41) is 13.3. The van der Waals surface area contributed by atoms with E-state index in [1.807, 2.05) is 12.1 Å². The summed E-state index contributed by atoms with van der Waals surface area (Å²) in [6, 6.07) is 7.60. The summed E-state index contributed by atoms with van der Waals surface area (Å²) in [5.74, 6) is 1.20. The summed E-state index contributed by atoms with van der Waals surface area (Å²) in [5.41, 5.74) is 3.84. The molecule has 3 unspecified atom stereocenters. The Morgan fingerprint density at radius 2 is 1.42 bits per heavy atom. The standard InChI is InChI=1S/C42H63N3O3/c1-8-44-24-26-45(27-25-44)28-35(46)43-42-18-9-10-34(42)40(6)21-17-33-38(4)19-15-31(29-11-13-30(14-12-29)36(47)48)37(2,3)32(38)16-20-39(33,5)41(40,7)22-23-42/h11-15,32-34H,8-10,16-28H2,1-7H3,(H,43,46)(H,47,48)/t32?,33?,34?,38-,39+,40+,41-,42-/m0/s1. The van der Waals surface area contributed by atoms with Crippen molar-refractivity contribution in [2.24, 2.45) is 44.8 Å². The van der Waals surface area contributed by atoms with Crippen LogP contribution in [-0.2, 0) is 4.79 Å². The lowest BCUT2D eigenvalue weighted by Crippen LogP contribution is -2.71. The first-order valence-electron chi connectivity index (χ1n) is 19.4. The molecule has 264 valence electrons. The molecule has 48 heavy (non-hydrogen) atoms. The van der Waals surface area contributed by atoms with Crippen LogP contribution in [-0.4, -0.2) is 71.6 Å². The van der Waals surface area contributed by atoms with Gasteiger partial charge in [0, 0.05) is 31.7 Å². The van der Waals surface area contributed by atoms with E-state index in [0.29, 0.717) is 29.9 Å². The molecular weight excluding hydrogens is 594 g/mol. The zero-order chi connectivity index (χ0) is 34.3. The van der Waals surface area contributed by atoms with Crippen molar-refractivity contribution in [3.8, 4) is 0 Å². The third-order valence-corrected chi connectivity index (χ3v) is 16.8. The van der Waals surface area contributed by atoms with Gasteiger partial charge in [-0.2, -0.15) is 0 Å². The fourth-order valence-corrected chi connectivity index (χ4v) is 14.0. The van der Waals surface area contributed by atoms with Gasteiger partial charge in [0.05, 0.1) is 12.1 Å². The van der Waals surface area contributed by atoms with Crippen LogP contribution in [0.15, 0.2) is 30.3 Å². The first-order valence-corrected chi connectivity index (χ1v) is 19.4. The van der Waals surface area contributed by atoms with E-state index in [1.54, 1.807) is 12.1 Å². The number of carbonyl (C=O) groups excluding carboxylic acids is 1. The van der Waals surface area contributed by atoms with E-state index >= 15 is 0 Å². The average molecular weight is 658 g/mol. The molecule has 0 bridgehead atoms. The maximum Gasteiger partial charge on any atom is 0.335 e. The van der Waals surface area contributed by atoms with Crippen molar-refractivity contribution in [3.05, 3.63) is 41.5 Å². The number of fused-ring (bicyclic) bond motifs is 7. The minimum Gasteiger partial charge on any atom is -0.478 e. The molecule has 5 aliphatic carbocycles. The van der Waals surface area contributed by atoms with Crippen LogP contribution in [0, 0.1) is 44.8 Å². The molecule has 2 N–H and O–H groups in total. The highest BCUT2D eigenvalue weighted by molar-refractivity contribution is 5.88. The molecule has 6 nitrogen and oxygen atoms in total. The Kier molecular flexibility index (Phi) is 8.34. The number of piperazine rings is 1. The van der Waals surface area contributed by atoms with Gasteiger partial charge in [-0.15, -0.1) is 0 Å². The largest absolute Gasteiger partial charge is 0.478 e. The van der Waals surface area contributed by atoms with Crippen molar-refractivity contribution < 1.29 is 14.7 Å². The molecule has 4 saturated carbocycles. The highest BCUT2D eigenvalue weighted by Crippen LogP contribution is 2.79. The summed E-state index contributed by atoms with van der Waals surface area (Å²) in [6.45, 7) is 23.6.